The van der Waals surface area contributed by atoms with E-state index in [9.17, 15) is 14.9 Å². The van der Waals surface area contributed by atoms with Crippen molar-refractivity contribution in [2.75, 3.05) is 0 Å². The van der Waals surface area contributed by atoms with Gasteiger partial charge in [-0.25, -0.2) is 0 Å². The number of rotatable bonds is 2. The van der Waals surface area contributed by atoms with Crippen LogP contribution in [0.25, 0.3) is 10.9 Å². The zero-order valence-corrected chi connectivity index (χ0v) is 9.93. The van der Waals surface area contributed by atoms with Gasteiger partial charge in [0.15, 0.2) is 0 Å². The summed E-state index contributed by atoms with van der Waals surface area (Å²) in [4.78, 5) is 25.9. The van der Waals surface area contributed by atoms with Gasteiger partial charge in [0, 0.05) is 23.2 Å². The Morgan fingerprint density at radius 1 is 1.33 bits per heavy atom. The Morgan fingerprint density at radius 3 is 2.56 bits per heavy atom. The molecule has 0 spiro atoms. The second-order valence-corrected chi connectivity index (χ2v) is 4.08. The second-order valence-electron chi connectivity index (χ2n) is 4.08. The van der Waals surface area contributed by atoms with Crippen molar-refractivity contribution in [1.29, 1.82) is 0 Å². The molecule has 1 aromatic heterocycles. The molecule has 6 nitrogen and oxygen atoms in total. The van der Waals surface area contributed by atoms with Crippen LogP contribution in [0, 0.1) is 24.0 Å². The van der Waals surface area contributed by atoms with E-state index < -0.39 is 10.8 Å². The Hall–Kier alpha value is -2.50. The molecule has 0 radical (unpaired) electrons. The smallest absolute Gasteiger partial charge is 0.270 e. The summed E-state index contributed by atoms with van der Waals surface area (Å²) in [5, 5.41) is 11.3. The zero-order chi connectivity index (χ0) is 13.4. The van der Waals surface area contributed by atoms with Gasteiger partial charge in [0.1, 0.15) is 0 Å². The van der Waals surface area contributed by atoms with Gasteiger partial charge < -0.3 is 5.73 Å². The lowest BCUT2D eigenvalue weighted by atomic mass is 10.1. The van der Waals surface area contributed by atoms with Gasteiger partial charge in [0.2, 0.25) is 0 Å². The van der Waals surface area contributed by atoms with Gasteiger partial charge in [0.25, 0.3) is 11.6 Å². The number of carbonyl (C=O) groups excluding carboxylic acids is 1. The fourth-order valence-corrected chi connectivity index (χ4v) is 1.76. The minimum atomic E-state index is -0.723. The molecular formula is C12H11N3O3. The topological polar surface area (TPSA) is 99.1 Å². The van der Waals surface area contributed by atoms with Crippen LogP contribution in [-0.2, 0) is 0 Å². The summed E-state index contributed by atoms with van der Waals surface area (Å²) in [5.41, 5.74) is 7.21. The van der Waals surface area contributed by atoms with Gasteiger partial charge >= 0.3 is 0 Å². The van der Waals surface area contributed by atoms with Crippen LogP contribution in [0.1, 0.15) is 21.6 Å². The average molecular weight is 245 g/mol. The number of hydrogen-bond acceptors (Lipinski definition) is 4. The number of nitro benzene ring substituents is 1. The number of nitro groups is 1. The first-order valence-corrected chi connectivity index (χ1v) is 5.26. The largest absolute Gasteiger partial charge is 0.366 e. The van der Waals surface area contributed by atoms with E-state index in [4.69, 9.17) is 5.73 Å². The van der Waals surface area contributed by atoms with Crippen molar-refractivity contribution in [1.82, 2.24) is 4.98 Å². The highest BCUT2D eigenvalue weighted by Gasteiger charge is 2.16. The summed E-state index contributed by atoms with van der Waals surface area (Å²) in [6.07, 6.45) is 0. The molecule has 0 saturated carbocycles. The Bertz CT molecular complexity index is 680. The number of nitrogens with two attached hydrogens (primary N) is 1. The van der Waals surface area contributed by atoms with Crippen molar-refractivity contribution in [3.63, 3.8) is 0 Å². The lowest BCUT2D eigenvalue weighted by molar-refractivity contribution is -0.384. The number of nitrogens with zero attached hydrogens (tertiary/aromatic N) is 2. The summed E-state index contributed by atoms with van der Waals surface area (Å²) < 4.78 is 0. The van der Waals surface area contributed by atoms with Crippen molar-refractivity contribution in [2.24, 2.45) is 5.73 Å². The average Bonchev–Trinajstić information content (AvgIpc) is 2.29. The molecule has 0 fully saturated rings. The first-order valence-electron chi connectivity index (χ1n) is 5.26. The number of fused-ring (bicyclic) bond motifs is 1. The second kappa shape index (κ2) is 4.06. The number of pyridine rings is 1. The zero-order valence-electron chi connectivity index (χ0n) is 9.93. The molecule has 0 bridgehead atoms. The number of benzene rings is 1. The predicted octanol–water partition coefficient (Wildman–Crippen LogP) is 1.86. The minimum absolute atomic E-state index is 0.0716. The Balaban J connectivity index is 2.89. The van der Waals surface area contributed by atoms with Crippen LogP contribution in [-0.4, -0.2) is 15.8 Å². The molecule has 0 atom stereocenters. The van der Waals surface area contributed by atoms with E-state index in [1.807, 2.05) is 6.92 Å². The summed E-state index contributed by atoms with van der Waals surface area (Å²) in [7, 11) is 0. The molecule has 2 N–H and O–H groups in total. The molecular weight excluding hydrogens is 234 g/mol. The number of primary amides is 1. The van der Waals surface area contributed by atoms with Crippen LogP contribution in [0.15, 0.2) is 18.2 Å². The van der Waals surface area contributed by atoms with E-state index in [-0.39, 0.29) is 11.3 Å². The number of aromatic nitrogens is 1. The molecule has 92 valence electrons. The molecule has 0 aliphatic carbocycles. The van der Waals surface area contributed by atoms with Crippen molar-refractivity contribution in [3.05, 3.63) is 45.1 Å². The summed E-state index contributed by atoms with van der Waals surface area (Å²) in [6.45, 7) is 3.66. The fourth-order valence-electron chi connectivity index (χ4n) is 1.76. The van der Waals surface area contributed by atoms with Gasteiger partial charge in [-0.2, -0.15) is 0 Å². The number of amides is 1. The van der Waals surface area contributed by atoms with E-state index in [1.54, 1.807) is 13.0 Å². The maximum absolute atomic E-state index is 11.3. The predicted molar refractivity (Wildman–Crippen MR) is 66.4 cm³/mol. The van der Waals surface area contributed by atoms with Gasteiger partial charge in [-0.05, 0) is 25.5 Å². The standard InChI is InChI=1S/C12H11N3O3/c1-6-3-8-4-9(15(17)18)5-10(12(13)16)11(8)14-7(6)2/h3-5H,1-2H3,(H2,13,16). The number of aryl methyl sites for hydroxylation is 2. The third-order valence-electron chi connectivity index (χ3n) is 2.82. The highest BCUT2D eigenvalue weighted by Crippen LogP contribution is 2.25. The lowest BCUT2D eigenvalue weighted by Gasteiger charge is -2.06. The molecule has 0 unspecified atom stereocenters. The van der Waals surface area contributed by atoms with Gasteiger partial charge in [-0.15, -0.1) is 0 Å². The maximum Gasteiger partial charge on any atom is 0.270 e. The molecule has 2 rings (SSSR count). The van der Waals surface area contributed by atoms with Crippen LogP contribution in [0.5, 0.6) is 0 Å². The van der Waals surface area contributed by atoms with E-state index in [1.165, 1.54) is 6.07 Å². The molecule has 0 aliphatic rings. The molecule has 1 heterocycles. The number of carbonyl (C=O) groups is 1. The third kappa shape index (κ3) is 1.88. The first-order chi connectivity index (χ1) is 8.40. The molecule has 1 aromatic carbocycles. The van der Waals surface area contributed by atoms with Crippen LogP contribution in [0.2, 0.25) is 0 Å². The maximum atomic E-state index is 11.3. The molecule has 18 heavy (non-hydrogen) atoms. The number of non-ortho nitro benzene ring substituents is 1. The van der Waals surface area contributed by atoms with Crippen LogP contribution < -0.4 is 5.73 Å². The van der Waals surface area contributed by atoms with Crippen LogP contribution in [0.3, 0.4) is 0 Å². The summed E-state index contributed by atoms with van der Waals surface area (Å²) in [5.74, 6) is -0.723. The van der Waals surface area contributed by atoms with Crippen molar-refractivity contribution < 1.29 is 9.72 Å². The SMILES string of the molecule is Cc1cc2cc([N+](=O)[O-])cc(C(N)=O)c2nc1C. The quantitative estimate of drug-likeness (QED) is 0.644. The Morgan fingerprint density at radius 2 is 2.00 bits per heavy atom. The highest BCUT2D eigenvalue weighted by molar-refractivity contribution is 6.05. The lowest BCUT2D eigenvalue weighted by Crippen LogP contribution is -2.13. The van der Waals surface area contributed by atoms with E-state index in [0.29, 0.717) is 10.9 Å². The van der Waals surface area contributed by atoms with Crippen LogP contribution in [0.4, 0.5) is 5.69 Å². The van der Waals surface area contributed by atoms with Crippen molar-refractivity contribution >= 4 is 22.5 Å². The Kier molecular flexibility index (Phi) is 2.70. The molecule has 6 heteroatoms. The monoisotopic (exact) mass is 245 g/mol. The Labute approximate surface area is 103 Å². The summed E-state index contributed by atoms with van der Waals surface area (Å²) in [6, 6.07) is 4.31. The summed E-state index contributed by atoms with van der Waals surface area (Å²) >= 11 is 0. The van der Waals surface area contributed by atoms with Crippen molar-refractivity contribution in [2.45, 2.75) is 13.8 Å². The van der Waals surface area contributed by atoms with E-state index in [0.717, 1.165) is 17.3 Å². The van der Waals surface area contributed by atoms with E-state index in [2.05, 4.69) is 4.98 Å². The first kappa shape index (κ1) is 12.0. The highest BCUT2D eigenvalue weighted by atomic mass is 16.6. The van der Waals surface area contributed by atoms with Gasteiger partial charge in [-0.1, -0.05) is 0 Å². The number of hydrogen-bond donors (Lipinski definition) is 1. The van der Waals surface area contributed by atoms with Gasteiger partial charge in [-0.3, -0.25) is 19.9 Å². The molecule has 1 amide bonds. The minimum Gasteiger partial charge on any atom is -0.366 e. The molecule has 0 saturated heterocycles. The fraction of sp³-hybridized carbons (Fsp3) is 0.167. The van der Waals surface area contributed by atoms with E-state index >= 15 is 0 Å². The molecule has 0 aliphatic heterocycles. The third-order valence-corrected chi connectivity index (χ3v) is 2.82. The van der Waals surface area contributed by atoms with Gasteiger partial charge in [0.05, 0.1) is 16.0 Å². The van der Waals surface area contributed by atoms with Crippen LogP contribution >= 0.6 is 0 Å². The normalized spacial score (nSPS) is 10.6. The molecule has 2 aromatic rings. The van der Waals surface area contributed by atoms with Crippen molar-refractivity contribution in [3.8, 4) is 0 Å².